The first-order valence-electron chi connectivity index (χ1n) is 7.00. The van der Waals surface area contributed by atoms with Crippen LogP contribution in [0.2, 0.25) is 0 Å². The van der Waals surface area contributed by atoms with Crippen LogP contribution in [0.25, 0.3) is 0 Å². The minimum Gasteiger partial charge on any atom is -0.384 e. The van der Waals surface area contributed by atoms with E-state index in [-0.39, 0.29) is 6.10 Å². The van der Waals surface area contributed by atoms with Crippen molar-refractivity contribution in [1.82, 2.24) is 9.78 Å². The highest BCUT2D eigenvalue weighted by atomic mass is 16.5. The van der Waals surface area contributed by atoms with Gasteiger partial charge in [0.15, 0.2) is 0 Å². The van der Waals surface area contributed by atoms with E-state index in [0.29, 0.717) is 5.92 Å². The summed E-state index contributed by atoms with van der Waals surface area (Å²) >= 11 is 0. The molecule has 1 fully saturated rings. The number of aryl methyl sites for hydroxylation is 1. The maximum atomic E-state index is 10.5. The summed E-state index contributed by atoms with van der Waals surface area (Å²) in [5.74, 6) is 0.471. The standard InChI is InChI=1S/C14H24N2O2/c1-3-16-12(9-10-15-16)13(17)14(18-2)11-7-5-4-6-8-11/h9-11,13-14,17H,3-8H2,1-2H3. The van der Waals surface area contributed by atoms with Gasteiger partial charge in [0.2, 0.25) is 0 Å². The number of aliphatic hydroxyl groups excluding tert-OH is 1. The fourth-order valence-corrected chi connectivity index (χ4v) is 3.07. The van der Waals surface area contributed by atoms with Gasteiger partial charge < -0.3 is 9.84 Å². The summed E-state index contributed by atoms with van der Waals surface area (Å²) in [5.41, 5.74) is 0.870. The first-order chi connectivity index (χ1) is 8.77. The molecule has 1 aromatic heterocycles. The van der Waals surface area contributed by atoms with E-state index in [2.05, 4.69) is 5.10 Å². The molecule has 1 N–H and O–H groups in total. The lowest BCUT2D eigenvalue weighted by Gasteiger charge is -2.32. The molecular formula is C14H24N2O2. The van der Waals surface area contributed by atoms with Gasteiger partial charge in [-0.25, -0.2) is 0 Å². The number of aromatic nitrogens is 2. The molecule has 4 nitrogen and oxygen atoms in total. The molecule has 2 atom stereocenters. The van der Waals surface area contributed by atoms with Crippen molar-refractivity contribution < 1.29 is 9.84 Å². The van der Waals surface area contributed by atoms with Crippen molar-refractivity contribution in [2.75, 3.05) is 7.11 Å². The molecule has 4 heteroatoms. The van der Waals surface area contributed by atoms with Crippen molar-refractivity contribution in [3.63, 3.8) is 0 Å². The van der Waals surface area contributed by atoms with Crippen LogP contribution in [0.5, 0.6) is 0 Å². The maximum absolute atomic E-state index is 10.5. The fourth-order valence-electron chi connectivity index (χ4n) is 3.07. The van der Waals surface area contributed by atoms with Crippen LogP contribution in [0.4, 0.5) is 0 Å². The van der Waals surface area contributed by atoms with Gasteiger partial charge in [0.25, 0.3) is 0 Å². The lowest BCUT2D eigenvalue weighted by atomic mass is 9.82. The Labute approximate surface area is 109 Å². The second kappa shape index (κ2) is 6.34. The van der Waals surface area contributed by atoms with Gasteiger partial charge >= 0.3 is 0 Å². The van der Waals surface area contributed by atoms with Crippen molar-refractivity contribution in [1.29, 1.82) is 0 Å². The van der Waals surface area contributed by atoms with Gasteiger partial charge in [-0.3, -0.25) is 4.68 Å². The molecule has 0 saturated heterocycles. The monoisotopic (exact) mass is 252 g/mol. The van der Waals surface area contributed by atoms with Gasteiger partial charge in [-0.1, -0.05) is 19.3 Å². The van der Waals surface area contributed by atoms with E-state index in [1.807, 2.05) is 17.7 Å². The van der Waals surface area contributed by atoms with Gasteiger partial charge in [-0.05, 0) is 31.7 Å². The van der Waals surface area contributed by atoms with Crippen molar-refractivity contribution in [2.45, 2.75) is 57.8 Å². The van der Waals surface area contributed by atoms with Crippen LogP contribution in [-0.2, 0) is 11.3 Å². The van der Waals surface area contributed by atoms with E-state index in [0.717, 1.165) is 25.1 Å². The molecule has 2 rings (SSSR count). The predicted octanol–water partition coefficient (Wildman–Crippen LogP) is 2.53. The Morgan fingerprint density at radius 3 is 2.78 bits per heavy atom. The highest BCUT2D eigenvalue weighted by Gasteiger charge is 2.31. The molecule has 1 aliphatic carbocycles. The number of rotatable bonds is 5. The maximum Gasteiger partial charge on any atom is 0.122 e. The number of hydrogen-bond donors (Lipinski definition) is 1. The zero-order valence-corrected chi connectivity index (χ0v) is 11.4. The van der Waals surface area contributed by atoms with E-state index in [9.17, 15) is 5.11 Å². The van der Waals surface area contributed by atoms with E-state index in [1.165, 1.54) is 19.3 Å². The van der Waals surface area contributed by atoms with Crippen LogP contribution in [0.15, 0.2) is 12.3 Å². The molecule has 0 bridgehead atoms. The molecular weight excluding hydrogens is 228 g/mol. The predicted molar refractivity (Wildman–Crippen MR) is 70.2 cm³/mol. The second-order valence-corrected chi connectivity index (χ2v) is 5.12. The summed E-state index contributed by atoms with van der Waals surface area (Å²) in [5, 5.41) is 14.8. The summed E-state index contributed by atoms with van der Waals surface area (Å²) in [7, 11) is 1.70. The van der Waals surface area contributed by atoms with Crippen LogP contribution >= 0.6 is 0 Å². The zero-order chi connectivity index (χ0) is 13.0. The fraction of sp³-hybridized carbons (Fsp3) is 0.786. The minimum atomic E-state index is -0.569. The normalized spacial score (nSPS) is 20.8. The molecule has 102 valence electrons. The molecule has 2 unspecified atom stereocenters. The first kappa shape index (κ1) is 13.6. The molecule has 0 aliphatic heterocycles. The molecule has 1 saturated carbocycles. The molecule has 1 heterocycles. The Hall–Kier alpha value is -0.870. The highest BCUT2D eigenvalue weighted by Crippen LogP contribution is 2.33. The molecule has 1 aliphatic rings. The summed E-state index contributed by atoms with van der Waals surface area (Å²) < 4.78 is 7.43. The Balaban J connectivity index is 2.11. The van der Waals surface area contributed by atoms with E-state index in [4.69, 9.17) is 4.74 Å². The molecule has 1 aromatic rings. The smallest absolute Gasteiger partial charge is 0.122 e. The summed E-state index contributed by atoms with van der Waals surface area (Å²) in [4.78, 5) is 0. The largest absolute Gasteiger partial charge is 0.384 e. The lowest BCUT2D eigenvalue weighted by molar-refractivity contribution is -0.0591. The van der Waals surface area contributed by atoms with Gasteiger partial charge in [-0.2, -0.15) is 5.10 Å². The Morgan fingerprint density at radius 2 is 2.17 bits per heavy atom. The summed E-state index contributed by atoms with van der Waals surface area (Å²) in [6.45, 7) is 2.81. The molecule has 0 amide bonds. The number of aliphatic hydroxyl groups is 1. The third-order valence-electron chi connectivity index (χ3n) is 4.05. The second-order valence-electron chi connectivity index (χ2n) is 5.12. The first-order valence-corrected chi connectivity index (χ1v) is 7.00. The van der Waals surface area contributed by atoms with Crippen molar-refractivity contribution in [3.8, 4) is 0 Å². The van der Waals surface area contributed by atoms with Crippen molar-refractivity contribution in [2.24, 2.45) is 5.92 Å². The van der Waals surface area contributed by atoms with E-state index >= 15 is 0 Å². The summed E-state index contributed by atoms with van der Waals surface area (Å²) in [6, 6.07) is 1.89. The number of ether oxygens (including phenoxy) is 1. The third-order valence-corrected chi connectivity index (χ3v) is 4.05. The quantitative estimate of drug-likeness (QED) is 0.876. The van der Waals surface area contributed by atoms with E-state index in [1.54, 1.807) is 13.3 Å². The molecule has 0 aromatic carbocycles. The van der Waals surface area contributed by atoms with Gasteiger partial charge in [0.1, 0.15) is 6.10 Å². The molecule has 0 spiro atoms. The van der Waals surface area contributed by atoms with Crippen molar-refractivity contribution >= 4 is 0 Å². The van der Waals surface area contributed by atoms with Crippen molar-refractivity contribution in [3.05, 3.63) is 18.0 Å². The zero-order valence-electron chi connectivity index (χ0n) is 11.4. The van der Waals surface area contributed by atoms with Crippen LogP contribution in [0.3, 0.4) is 0 Å². The Bertz CT molecular complexity index is 358. The number of methoxy groups -OCH3 is 1. The average Bonchev–Trinajstić information content (AvgIpc) is 2.89. The number of nitrogens with zero attached hydrogens (tertiary/aromatic N) is 2. The lowest BCUT2D eigenvalue weighted by Crippen LogP contribution is -2.32. The summed E-state index contributed by atoms with van der Waals surface area (Å²) in [6.07, 6.45) is 7.22. The van der Waals surface area contributed by atoms with Gasteiger partial charge in [-0.15, -0.1) is 0 Å². The third kappa shape index (κ3) is 2.75. The Morgan fingerprint density at radius 1 is 1.44 bits per heavy atom. The van der Waals surface area contributed by atoms with Gasteiger partial charge in [0.05, 0.1) is 11.8 Å². The van der Waals surface area contributed by atoms with Crippen LogP contribution in [0, 0.1) is 5.92 Å². The SMILES string of the molecule is CCn1nccc1C(O)C(OC)C1CCCCC1. The molecule has 18 heavy (non-hydrogen) atoms. The van der Waals surface area contributed by atoms with Crippen LogP contribution < -0.4 is 0 Å². The number of hydrogen-bond acceptors (Lipinski definition) is 3. The topological polar surface area (TPSA) is 47.3 Å². The van der Waals surface area contributed by atoms with Crippen LogP contribution in [-0.4, -0.2) is 28.1 Å². The average molecular weight is 252 g/mol. The van der Waals surface area contributed by atoms with E-state index < -0.39 is 6.10 Å². The Kier molecular flexibility index (Phi) is 4.78. The molecule has 0 radical (unpaired) electrons. The minimum absolute atomic E-state index is 0.104. The van der Waals surface area contributed by atoms with Crippen LogP contribution in [0.1, 0.15) is 50.8 Å². The highest BCUT2D eigenvalue weighted by molar-refractivity contribution is 5.07. The van der Waals surface area contributed by atoms with Gasteiger partial charge in [0, 0.05) is 19.9 Å².